The van der Waals surface area contributed by atoms with E-state index in [0.717, 1.165) is 17.5 Å². The molecule has 0 amide bonds. The van der Waals surface area contributed by atoms with E-state index >= 15 is 0 Å². The number of thiazole rings is 1. The maximum Gasteiger partial charge on any atom is 0.123 e. The number of rotatable bonds is 5. The van der Waals surface area contributed by atoms with Gasteiger partial charge in [0.15, 0.2) is 0 Å². The fourth-order valence-corrected chi connectivity index (χ4v) is 2.27. The smallest absolute Gasteiger partial charge is 0.123 e. The van der Waals surface area contributed by atoms with Crippen LogP contribution in [0.4, 0.5) is 5.69 Å². The molecule has 2 rings (SSSR count). The van der Waals surface area contributed by atoms with Gasteiger partial charge in [0, 0.05) is 29.4 Å². The molecule has 1 aromatic heterocycles. The average Bonchev–Trinajstić information content (AvgIpc) is 2.82. The molecule has 0 radical (unpaired) electrons. The first-order valence-electron chi connectivity index (χ1n) is 5.99. The second-order valence-corrected chi connectivity index (χ2v) is 5.42. The quantitative estimate of drug-likeness (QED) is 0.852. The van der Waals surface area contributed by atoms with E-state index in [9.17, 15) is 0 Å². The van der Waals surface area contributed by atoms with Gasteiger partial charge in [-0.2, -0.15) is 0 Å². The lowest BCUT2D eigenvalue weighted by Crippen LogP contribution is -2.04. The number of benzene rings is 1. The van der Waals surface area contributed by atoms with Crippen molar-refractivity contribution < 1.29 is 0 Å². The van der Waals surface area contributed by atoms with E-state index < -0.39 is 0 Å². The summed E-state index contributed by atoms with van der Waals surface area (Å²) in [7, 11) is 0. The highest BCUT2D eigenvalue weighted by molar-refractivity contribution is 7.13. The van der Waals surface area contributed by atoms with Crippen LogP contribution in [0.3, 0.4) is 0 Å². The lowest BCUT2D eigenvalue weighted by molar-refractivity contribution is 0.607. The Morgan fingerprint density at radius 3 is 2.94 bits per heavy atom. The fraction of sp³-hybridized carbons (Fsp3) is 0.357. The van der Waals surface area contributed by atoms with E-state index in [1.807, 2.05) is 11.6 Å². The summed E-state index contributed by atoms with van der Waals surface area (Å²) >= 11 is 1.67. The molecular formula is C14H18N2S. The molecule has 3 heteroatoms. The summed E-state index contributed by atoms with van der Waals surface area (Å²) in [6, 6.07) is 8.46. The first kappa shape index (κ1) is 12.1. The van der Waals surface area contributed by atoms with Crippen LogP contribution in [-0.4, -0.2) is 11.5 Å². The van der Waals surface area contributed by atoms with Crippen LogP contribution in [0.15, 0.2) is 35.8 Å². The second-order valence-electron chi connectivity index (χ2n) is 4.53. The highest BCUT2D eigenvalue weighted by Crippen LogP contribution is 2.24. The van der Waals surface area contributed by atoms with Crippen LogP contribution in [0.1, 0.15) is 20.3 Å². The zero-order valence-electron chi connectivity index (χ0n) is 10.3. The van der Waals surface area contributed by atoms with Gasteiger partial charge in [0.05, 0.1) is 0 Å². The van der Waals surface area contributed by atoms with E-state index in [0.29, 0.717) is 0 Å². The van der Waals surface area contributed by atoms with Gasteiger partial charge in [-0.3, -0.25) is 0 Å². The molecule has 0 aliphatic heterocycles. The topological polar surface area (TPSA) is 24.9 Å². The lowest BCUT2D eigenvalue weighted by Gasteiger charge is -2.09. The maximum atomic E-state index is 4.33. The molecule has 2 nitrogen and oxygen atoms in total. The maximum absolute atomic E-state index is 4.33. The molecule has 2 aromatic rings. The van der Waals surface area contributed by atoms with E-state index in [1.54, 1.807) is 11.3 Å². The van der Waals surface area contributed by atoms with Gasteiger partial charge in [-0.1, -0.05) is 26.0 Å². The van der Waals surface area contributed by atoms with E-state index in [4.69, 9.17) is 0 Å². The molecular weight excluding hydrogens is 228 g/mol. The Labute approximate surface area is 107 Å². The van der Waals surface area contributed by atoms with Crippen LogP contribution >= 0.6 is 11.3 Å². The van der Waals surface area contributed by atoms with Gasteiger partial charge in [0.2, 0.25) is 0 Å². The Kier molecular flexibility index (Phi) is 4.15. The number of hydrogen-bond donors (Lipinski definition) is 1. The standard InChI is InChI=1S/C14H18N2S/c1-11(2)6-7-15-13-5-3-4-12(10-13)14-16-8-9-17-14/h3-5,8-11,15H,6-7H2,1-2H3. The summed E-state index contributed by atoms with van der Waals surface area (Å²) in [5, 5.41) is 6.54. The second kappa shape index (κ2) is 5.82. The molecule has 0 aliphatic carbocycles. The predicted octanol–water partition coefficient (Wildman–Crippen LogP) is 4.27. The van der Waals surface area contributed by atoms with Crippen molar-refractivity contribution in [3.8, 4) is 10.6 Å². The zero-order valence-corrected chi connectivity index (χ0v) is 11.1. The van der Waals surface area contributed by atoms with Crippen LogP contribution in [0.25, 0.3) is 10.6 Å². The Hall–Kier alpha value is -1.35. The van der Waals surface area contributed by atoms with Crippen molar-refractivity contribution in [2.24, 2.45) is 5.92 Å². The molecule has 0 saturated heterocycles. The van der Waals surface area contributed by atoms with E-state index in [-0.39, 0.29) is 0 Å². The number of hydrogen-bond acceptors (Lipinski definition) is 3. The number of aromatic nitrogens is 1. The molecule has 0 unspecified atom stereocenters. The van der Waals surface area contributed by atoms with Crippen LogP contribution < -0.4 is 5.32 Å². The van der Waals surface area contributed by atoms with Gasteiger partial charge in [0.25, 0.3) is 0 Å². The first-order chi connectivity index (χ1) is 8.25. The molecule has 1 N–H and O–H groups in total. The Bertz CT molecular complexity index is 449. The molecule has 1 heterocycles. The van der Waals surface area contributed by atoms with Crippen molar-refractivity contribution in [3.05, 3.63) is 35.8 Å². The third kappa shape index (κ3) is 3.56. The number of nitrogens with zero attached hydrogens (tertiary/aromatic N) is 1. The minimum atomic E-state index is 0.740. The van der Waals surface area contributed by atoms with Crippen LogP contribution in [0, 0.1) is 5.92 Å². The van der Waals surface area contributed by atoms with E-state index in [2.05, 4.69) is 48.4 Å². The molecule has 0 saturated carbocycles. The van der Waals surface area contributed by atoms with Crippen molar-refractivity contribution in [1.29, 1.82) is 0 Å². The molecule has 0 spiro atoms. The molecule has 0 fully saturated rings. The van der Waals surface area contributed by atoms with Crippen molar-refractivity contribution in [2.75, 3.05) is 11.9 Å². The molecule has 0 atom stereocenters. The van der Waals surface area contributed by atoms with Crippen molar-refractivity contribution >= 4 is 17.0 Å². The lowest BCUT2D eigenvalue weighted by atomic mass is 10.1. The Balaban J connectivity index is 2.02. The van der Waals surface area contributed by atoms with Crippen molar-refractivity contribution in [1.82, 2.24) is 4.98 Å². The number of nitrogens with one attached hydrogen (secondary N) is 1. The van der Waals surface area contributed by atoms with Crippen LogP contribution in [-0.2, 0) is 0 Å². The summed E-state index contributed by atoms with van der Waals surface area (Å²) < 4.78 is 0. The highest BCUT2D eigenvalue weighted by atomic mass is 32.1. The molecule has 1 aromatic carbocycles. The largest absolute Gasteiger partial charge is 0.385 e. The third-order valence-electron chi connectivity index (χ3n) is 2.59. The van der Waals surface area contributed by atoms with Gasteiger partial charge in [0.1, 0.15) is 5.01 Å². The van der Waals surface area contributed by atoms with Crippen LogP contribution in [0.5, 0.6) is 0 Å². The van der Waals surface area contributed by atoms with Crippen molar-refractivity contribution in [2.45, 2.75) is 20.3 Å². The van der Waals surface area contributed by atoms with E-state index in [1.165, 1.54) is 17.7 Å². The van der Waals surface area contributed by atoms with Gasteiger partial charge < -0.3 is 5.32 Å². The molecule has 90 valence electrons. The Morgan fingerprint density at radius 2 is 2.24 bits per heavy atom. The zero-order chi connectivity index (χ0) is 12.1. The monoisotopic (exact) mass is 246 g/mol. The fourth-order valence-electron chi connectivity index (χ4n) is 1.63. The van der Waals surface area contributed by atoms with Gasteiger partial charge >= 0.3 is 0 Å². The van der Waals surface area contributed by atoms with Crippen molar-refractivity contribution in [3.63, 3.8) is 0 Å². The summed E-state index contributed by atoms with van der Waals surface area (Å²) in [5.41, 5.74) is 2.37. The van der Waals surface area contributed by atoms with Crippen LogP contribution in [0.2, 0.25) is 0 Å². The first-order valence-corrected chi connectivity index (χ1v) is 6.87. The summed E-state index contributed by atoms with van der Waals surface area (Å²) in [6.45, 7) is 5.51. The third-order valence-corrected chi connectivity index (χ3v) is 3.41. The number of anilines is 1. The minimum Gasteiger partial charge on any atom is -0.385 e. The summed E-state index contributed by atoms with van der Waals surface area (Å²) in [4.78, 5) is 4.33. The molecule has 0 aliphatic rings. The van der Waals surface area contributed by atoms with Gasteiger partial charge in [-0.15, -0.1) is 11.3 Å². The predicted molar refractivity (Wildman–Crippen MR) is 75.5 cm³/mol. The minimum absolute atomic E-state index is 0.740. The Morgan fingerprint density at radius 1 is 1.35 bits per heavy atom. The SMILES string of the molecule is CC(C)CCNc1cccc(-c2nccs2)c1. The highest BCUT2D eigenvalue weighted by Gasteiger charge is 2.01. The summed E-state index contributed by atoms with van der Waals surface area (Å²) in [5.74, 6) is 0.740. The van der Waals surface area contributed by atoms with Gasteiger partial charge in [-0.25, -0.2) is 4.98 Å². The average molecular weight is 246 g/mol. The summed E-state index contributed by atoms with van der Waals surface area (Å²) in [6.07, 6.45) is 3.04. The molecule has 0 bridgehead atoms. The normalized spacial score (nSPS) is 10.8. The van der Waals surface area contributed by atoms with Gasteiger partial charge in [-0.05, 0) is 24.5 Å². The molecule has 17 heavy (non-hydrogen) atoms.